The second kappa shape index (κ2) is 6.27. The largest absolute Gasteiger partial charge is 0.378 e. The average molecular weight is 267 g/mol. The van der Waals surface area contributed by atoms with Crippen molar-refractivity contribution in [2.75, 3.05) is 31.6 Å². The maximum atomic E-state index is 11.7. The minimum atomic E-state index is -0.355. The van der Waals surface area contributed by atoms with Gasteiger partial charge in [0.1, 0.15) is 0 Å². The van der Waals surface area contributed by atoms with Gasteiger partial charge in [-0.25, -0.2) is 4.98 Å². The molecule has 18 heavy (non-hydrogen) atoms. The summed E-state index contributed by atoms with van der Waals surface area (Å²) in [5.41, 5.74) is 0. The number of amides is 2. The predicted molar refractivity (Wildman–Crippen MR) is 67.3 cm³/mol. The van der Waals surface area contributed by atoms with E-state index in [-0.39, 0.29) is 11.8 Å². The van der Waals surface area contributed by atoms with Crippen LogP contribution in [0.4, 0.5) is 5.13 Å². The lowest BCUT2D eigenvalue weighted by Gasteiger charge is -2.25. The van der Waals surface area contributed by atoms with Gasteiger partial charge in [-0.1, -0.05) is 0 Å². The molecule has 1 fully saturated rings. The first kappa shape index (κ1) is 12.7. The molecule has 1 aliphatic rings. The summed E-state index contributed by atoms with van der Waals surface area (Å²) in [7, 11) is 0. The highest BCUT2D eigenvalue weighted by Crippen LogP contribution is 2.09. The van der Waals surface area contributed by atoms with Crippen LogP contribution in [0.15, 0.2) is 23.7 Å². The summed E-state index contributed by atoms with van der Waals surface area (Å²) in [4.78, 5) is 28.7. The number of anilines is 1. The zero-order valence-corrected chi connectivity index (χ0v) is 10.5. The predicted octanol–water partition coefficient (Wildman–Crippen LogP) is 0.497. The van der Waals surface area contributed by atoms with E-state index in [1.54, 1.807) is 16.5 Å². The van der Waals surface area contributed by atoms with E-state index in [9.17, 15) is 9.59 Å². The molecule has 0 spiro atoms. The highest BCUT2D eigenvalue weighted by Gasteiger charge is 2.14. The fourth-order valence-corrected chi connectivity index (χ4v) is 2.00. The first-order chi connectivity index (χ1) is 8.75. The first-order valence-corrected chi connectivity index (χ1v) is 6.39. The molecule has 7 heteroatoms. The van der Waals surface area contributed by atoms with Crippen LogP contribution in [0.25, 0.3) is 0 Å². The number of nitrogens with one attached hydrogen (secondary N) is 1. The maximum absolute atomic E-state index is 11.7. The standard InChI is InChI=1S/C11H13N3O3S/c15-9(13-11-12-3-8-18-11)1-2-10(16)14-4-6-17-7-5-14/h1-3,8H,4-7H2,(H,12,13,15). The van der Waals surface area contributed by atoms with Crippen molar-refractivity contribution in [1.29, 1.82) is 0 Å². The summed E-state index contributed by atoms with van der Waals surface area (Å²) in [6.07, 6.45) is 4.09. The van der Waals surface area contributed by atoms with Crippen LogP contribution in [0.5, 0.6) is 0 Å². The molecule has 0 bridgehead atoms. The number of morpholine rings is 1. The lowest BCUT2D eigenvalue weighted by atomic mass is 10.3. The Morgan fingerprint density at radius 1 is 1.39 bits per heavy atom. The molecular weight excluding hydrogens is 254 g/mol. The van der Waals surface area contributed by atoms with Gasteiger partial charge in [-0.05, 0) is 0 Å². The SMILES string of the molecule is O=C(C=CC(=O)N1CCOCC1)Nc1nccs1. The highest BCUT2D eigenvalue weighted by molar-refractivity contribution is 7.13. The molecule has 1 aromatic rings. The van der Waals surface area contributed by atoms with E-state index in [4.69, 9.17) is 4.74 Å². The van der Waals surface area contributed by atoms with Crippen LogP contribution in [-0.4, -0.2) is 48.0 Å². The van der Waals surface area contributed by atoms with Gasteiger partial charge < -0.3 is 9.64 Å². The number of ether oxygens (including phenoxy) is 1. The smallest absolute Gasteiger partial charge is 0.250 e. The van der Waals surface area contributed by atoms with Crippen LogP contribution in [0, 0.1) is 0 Å². The molecule has 2 amide bonds. The summed E-state index contributed by atoms with van der Waals surface area (Å²) in [5.74, 6) is -0.529. The van der Waals surface area contributed by atoms with Crippen molar-refractivity contribution in [3.05, 3.63) is 23.7 Å². The van der Waals surface area contributed by atoms with Crippen molar-refractivity contribution in [3.8, 4) is 0 Å². The third-order valence-corrected chi connectivity index (χ3v) is 3.05. The molecule has 0 radical (unpaired) electrons. The van der Waals surface area contributed by atoms with E-state index in [0.717, 1.165) is 0 Å². The lowest BCUT2D eigenvalue weighted by molar-refractivity contribution is -0.130. The number of carbonyl (C=O) groups excluding carboxylic acids is 2. The van der Waals surface area contributed by atoms with Gasteiger partial charge in [-0.2, -0.15) is 0 Å². The van der Waals surface area contributed by atoms with E-state index >= 15 is 0 Å². The van der Waals surface area contributed by atoms with E-state index in [2.05, 4.69) is 10.3 Å². The fraction of sp³-hybridized carbons (Fsp3) is 0.364. The summed E-state index contributed by atoms with van der Waals surface area (Å²) >= 11 is 1.32. The molecule has 96 valence electrons. The van der Waals surface area contributed by atoms with Crippen molar-refractivity contribution >= 4 is 28.3 Å². The van der Waals surface area contributed by atoms with Gasteiger partial charge >= 0.3 is 0 Å². The van der Waals surface area contributed by atoms with Crippen LogP contribution in [0.3, 0.4) is 0 Å². The van der Waals surface area contributed by atoms with Gasteiger partial charge in [0.05, 0.1) is 13.2 Å². The molecule has 0 atom stereocenters. The Bertz CT molecular complexity index is 438. The van der Waals surface area contributed by atoms with Gasteiger partial charge in [-0.15, -0.1) is 11.3 Å². The Morgan fingerprint density at radius 2 is 2.17 bits per heavy atom. The minimum absolute atomic E-state index is 0.174. The molecule has 0 aromatic carbocycles. The molecule has 0 saturated carbocycles. The van der Waals surface area contributed by atoms with Crippen LogP contribution in [0.1, 0.15) is 0 Å². The minimum Gasteiger partial charge on any atom is -0.378 e. The number of aromatic nitrogens is 1. The second-order valence-electron chi connectivity index (χ2n) is 3.60. The monoisotopic (exact) mass is 267 g/mol. The van der Waals surface area contributed by atoms with Crippen LogP contribution in [0.2, 0.25) is 0 Å². The molecule has 1 N–H and O–H groups in total. The molecule has 1 aliphatic heterocycles. The molecule has 1 aromatic heterocycles. The van der Waals surface area contributed by atoms with Crippen molar-refractivity contribution in [2.24, 2.45) is 0 Å². The number of rotatable bonds is 3. The quantitative estimate of drug-likeness (QED) is 0.809. The van der Waals surface area contributed by atoms with E-state index < -0.39 is 0 Å². The molecule has 2 heterocycles. The molecule has 2 rings (SSSR count). The number of thiazole rings is 1. The number of hydrogen-bond donors (Lipinski definition) is 1. The van der Waals surface area contributed by atoms with Crippen molar-refractivity contribution in [2.45, 2.75) is 0 Å². The Kier molecular flexibility index (Phi) is 4.43. The van der Waals surface area contributed by atoms with Gasteiger partial charge in [0.25, 0.3) is 0 Å². The molecular formula is C11H13N3O3S. The van der Waals surface area contributed by atoms with Crippen molar-refractivity contribution < 1.29 is 14.3 Å². The van der Waals surface area contributed by atoms with Gasteiger partial charge in [0, 0.05) is 36.8 Å². The van der Waals surface area contributed by atoms with Crippen molar-refractivity contribution in [3.63, 3.8) is 0 Å². The van der Waals surface area contributed by atoms with E-state index in [1.807, 2.05) is 0 Å². The number of carbonyl (C=O) groups is 2. The Labute approximate surface area is 108 Å². The van der Waals surface area contributed by atoms with Crippen LogP contribution >= 0.6 is 11.3 Å². The summed E-state index contributed by atoms with van der Waals surface area (Å²) in [6, 6.07) is 0. The summed E-state index contributed by atoms with van der Waals surface area (Å²) in [6.45, 7) is 2.23. The number of nitrogens with zero attached hydrogens (tertiary/aromatic N) is 2. The molecule has 6 nitrogen and oxygen atoms in total. The Balaban J connectivity index is 1.82. The molecule has 0 unspecified atom stereocenters. The highest BCUT2D eigenvalue weighted by atomic mass is 32.1. The first-order valence-electron chi connectivity index (χ1n) is 5.51. The fourth-order valence-electron chi connectivity index (χ4n) is 1.47. The average Bonchev–Trinajstić information content (AvgIpc) is 2.90. The van der Waals surface area contributed by atoms with E-state index in [1.165, 1.54) is 23.5 Å². The zero-order valence-electron chi connectivity index (χ0n) is 9.67. The lowest BCUT2D eigenvalue weighted by Crippen LogP contribution is -2.39. The Hall–Kier alpha value is -1.73. The second-order valence-corrected chi connectivity index (χ2v) is 4.49. The number of hydrogen-bond acceptors (Lipinski definition) is 5. The maximum Gasteiger partial charge on any atom is 0.250 e. The molecule has 1 saturated heterocycles. The zero-order chi connectivity index (χ0) is 12.8. The topological polar surface area (TPSA) is 71.5 Å². The van der Waals surface area contributed by atoms with Crippen molar-refractivity contribution in [1.82, 2.24) is 9.88 Å². The van der Waals surface area contributed by atoms with Gasteiger partial charge in [0.2, 0.25) is 11.8 Å². The van der Waals surface area contributed by atoms with Crippen LogP contribution in [-0.2, 0) is 14.3 Å². The normalized spacial score (nSPS) is 15.9. The van der Waals surface area contributed by atoms with E-state index in [0.29, 0.717) is 31.4 Å². The molecule has 0 aliphatic carbocycles. The van der Waals surface area contributed by atoms with Gasteiger partial charge in [-0.3, -0.25) is 14.9 Å². The summed E-state index contributed by atoms with van der Waals surface area (Å²) in [5, 5.41) is 4.85. The van der Waals surface area contributed by atoms with Gasteiger partial charge in [0.15, 0.2) is 5.13 Å². The Morgan fingerprint density at radius 3 is 2.83 bits per heavy atom. The van der Waals surface area contributed by atoms with Crippen LogP contribution < -0.4 is 5.32 Å². The third kappa shape index (κ3) is 3.64. The summed E-state index contributed by atoms with van der Waals surface area (Å²) < 4.78 is 5.14. The third-order valence-electron chi connectivity index (χ3n) is 2.36.